The topological polar surface area (TPSA) is 116 Å². The van der Waals surface area contributed by atoms with Crippen LogP contribution in [0, 0.1) is 11.8 Å². The molecule has 3 N–H and O–H groups in total. The van der Waals surface area contributed by atoms with Crippen molar-refractivity contribution in [2.45, 2.75) is 4.90 Å². The van der Waals surface area contributed by atoms with Crippen LogP contribution in [0.1, 0.15) is 31.8 Å². The summed E-state index contributed by atoms with van der Waals surface area (Å²) in [5, 5.41) is 0. The third-order valence-electron chi connectivity index (χ3n) is 4.20. The van der Waals surface area contributed by atoms with E-state index >= 15 is 0 Å². The van der Waals surface area contributed by atoms with Gasteiger partial charge >= 0.3 is 5.97 Å². The molecule has 0 aliphatic heterocycles. The molecule has 0 saturated carbocycles. The van der Waals surface area contributed by atoms with Gasteiger partial charge in [0.2, 0.25) is 5.91 Å². The number of hydrogen-bond acceptors (Lipinski definition) is 5. The number of anilines is 1. The van der Waals surface area contributed by atoms with Crippen LogP contribution in [0.25, 0.3) is 0 Å². The molecule has 3 aromatic carbocycles. The van der Waals surface area contributed by atoms with Gasteiger partial charge in [0, 0.05) is 16.7 Å². The van der Waals surface area contributed by atoms with Gasteiger partial charge in [-0.1, -0.05) is 24.0 Å². The van der Waals surface area contributed by atoms with Crippen molar-refractivity contribution < 1.29 is 22.7 Å². The molecule has 0 aromatic heterocycles. The molecule has 0 saturated heterocycles. The zero-order valence-corrected chi connectivity index (χ0v) is 17.3. The minimum absolute atomic E-state index is 0.00591. The average molecular weight is 434 g/mol. The average Bonchev–Trinajstić information content (AvgIpc) is 2.77. The molecule has 0 bridgehead atoms. The third-order valence-corrected chi connectivity index (χ3v) is 5.60. The predicted octanol–water partition coefficient (Wildman–Crippen LogP) is 2.77. The maximum absolute atomic E-state index is 12.6. The highest BCUT2D eigenvalue weighted by Gasteiger charge is 2.15. The molecule has 0 heterocycles. The van der Waals surface area contributed by atoms with Crippen molar-refractivity contribution in [2.24, 2.45) is 5.73 Å². The molecular weight excluding hydrogens is 416 g/mol. The molecule has 7 nitrogen and oxygen atoms in total. The molecule has 0 aliphatic carbocycles. The highest BCUT2D eigenvalue weighted by atomic mass is 32.2. The smallest absolute Gasteiger partial charge is 0.337 e. The monoisotopic (exact) mass is 434 g/mol. The Balaban J connectivity index is 1.80. The first-order valence-electron chi connectivity index (χ1n) is 9.01. The highest BCUT2D eigenvalue weighted by Crippen LogP contribution is 2.18. The van der Waals surface area contributed by atoms with E-state index in [0.29, 0.717) is 22.4 Å². The lowest BCUT2D eigenvalue weighted by atomic mass is 10.1. The maximum atomic E-state index is 12.6. The Bertz CT molecular complexity index is 1300. The predicted molar refractivity (Wildman–Crippen MR) is 116 cm³/mol. The molecule has 8 heteroatoms. The Morgan fingerprint density at radius 1 is 0.871 bits per heavy atom. The molecular formula is C23H18N2O5S. The summed E-state index contributed by atoms with van der Waals surface area (Å²) in [4.78, 5) is 22.8. The molecule has 0 aliphatic rings. The molecule has 31 heavy (non-hydrogen) atoms. The van der Waals surface area contributed by atoms with Crippen LogP contribution in [-0.4, -0.2) is 27.4 Å². The largest absolute Gasteiger partial charge is 0.465 e. The van der Waals surface area contributed by atoms with E-state index < -0.39 is 21.9 Å². The summed E-state index contributed by atoms with van der Waals surface area (Å²) >= 11 is 0. The minimum Gasteiger partial charge on any atom is -0.465 e. The van der Waals surface area contributed by atoms with Gasteiger partial charge in [-0.15, -0.1) is 0 Å². The van der Waals surface area contributed by atoms with E-state index in [0.717, 1.165) is 0 Å². The molecule has 0 spiro atoms. The Morgan fingerprint density at radius 3 is 2.10 bits per heavy atom. The first kappa shape index (κ1) is 21.6. The number of primary amides is 1. The van der Waals surface area contributed by atoms with Crippen LogP contribution < -0.4 is 10.5 Å². The van der Waals surface area contributed by atoms with Crippen LogP contribution in [0.15, 0.2) is 77.7 Å². The van der Waals surface area contributed by atoms with E-state index in [1.165, 1.54) is 31.4 Å². The van der Waals surface area contributed by atoms with Crippen molar-refractivity contribution in [1.29, 1.82) is 0 Å². The number of nitrogens with one attached hydrogen (secondary N) is 1. The molecule has 0 fully saturated rings. The van der Waals surface area contributed by atoms with Crippen molar-refractivity contribution in [3.63, 3.8) is 0 Å². The number of nitrogens with two attached hydrogens (primary N) is 1. The van der Waals surface area contributed by atoms with Gasteiger partial charge in [-0.05, 0) is 60.7 Å². The second kappa shape index (κ2) is 9.15. The SMILES string of the molecule is COC(=O)c1cccc(C#Cc2cccc(NS(=O)(=O)c3ccc(C(N)=O)cc3)c2)c1. The van der Waals surface area contributed by atoms with Crippen molar-refractivity contribution in [1.82, 2.24) is 0 Å². The number of carbonyl (C=O) groups excluding carboxylic acids is 2. The van der Waals surface area contributed by atoms with Crippen molar-refractivity contribution >= 4 is 27.6 Å². The number of carbonyl (C=O) groups is 2. The number of sulfonamides is 1. The van der Waals surface area contributed by atoms with Crippen LogP contribution >= 0.6 is 0 Å². The zero-order valence-electron chi connectivity index (χ0n) is 16.5. The maximum Gasteiger partial charge on any atom is 0.337 e. The van der Waals surface area contributed by atoms with Crippen molar-refractivity contribution in [3.8, 4) is 11.8 Å². The second-order valence-corrected chi connectivity index (χ2v) is 8.08. The summed E-state index contributed by atoms with van der Waals surface area (Å²) in [6, 6.07) is 18.6. The fourth-order valence-corrected chi connectivity index (χ4v) is 3.71. The third kappa shape index (κ3) is 5.50. The standard InChI is InChI=1S/C23H18N2O5S/c1-30-23(27)19-6-2-4-16(14-19)8-9-17-5-3-7-20(15-17)25-31(28,29)21-12-10-18(11-13-21)22(24)26/h2-7,10-15,25H,1H3,(H2,24,26). The van der Waals surface area contributed by atoms with Gasteiger partial charge in [0.25, 0.3) is 10.0 Å². The van der Waals surface area contributed by atoms with Crippen molar-refractivity contribution in [3.05, 3.63) is 95.1 Å². The second-order valence-electron chi connectivity index (χ2n) is 6.40. The van der Waals surface area contributed by atoms with Crippen molar-refractivity contribution in [2.75, 3.05) is 11.8 Å². The lowest BCUT2D eigenvalue weighted by molar-refractivity contribution is 0.0600. The number of benzene rings is 3. The number of esters is 1. The van der Waals surface area contributed by atoms with Gasteiger partial charge in [0.15, 0.2) is 0 Å². The first-order valence-corrected chi connectivity index (χ1v) is 10.5. The zero-order chi connectivity index (χ0) is 22.4. The lowest BCUT2D eigenvalue weighted by Crippen LogP contribution is -2.14. The van der Waals surface area contributed by atoms with E-state index in [-0.39, 0.29) is 10.5 Å². The summed E-state index contributed by atoms with van der Waals surface area (Å²) < 4.78 is 32.4. The number of rotatable bonds is 5. The molecule has 0 radical (unpaired) electrons. The van der Waals surface area contributed by atoms with Crippen LogP contribution in [0.4, 0.5) is 5.69 Å². The van der Waals surface area contributed by atoms with Crippen LogP contribution in [0.3, 0.4) is 0 Å². The molecule has 0 unspecified atom stereocenters. The summed E-state index contributed by atoms with van der Waals surface area (Å²) in [5.74, 6) is 4.79. The Hall–Kier alpha value is -4.09. The van der Waals surface area contributed by atoms with E-state index in [4.69, 9.17) is 10.5 Å². The quantitative estimate of drug-likeness (QED) is 0.473. The van der Waals surface area contributed by atoms with Crippen LogP contribution in [-0.2, 0) is 14.8 Å². The summed E-state index contributed by atoms with van der Waals surface area (Å²) in [6.07, 6.45) is 0. The fraction of sp³-hybridized carbons (Fsp3) is 0.0435. The minimum atomic E-state index is -3.86. The van der Waals surface area contributed by atoms with E-state index in [9.17, 15) is 18.0 Å². The molecule has 0 atom stereocenters. The van der Waals surface area contributed by atoms with Gasteiger partial charge in [0.1, 0.15) is 0 Å². The molecule has 156 valence electrons. The Kier molecular flexibility index (Phi) is 6.38. The Labute approximate surface area is 179 Å². The normalized spacial score (nSPS) is 10.5. The van der Waals surface area contributed by atoms with Gasteiger partial charge in [-0.2, -0.15) is 0 Å². The summed E-state index contributed by atoms with van der Waals surface area (Å²) in [7, 11) is -2.55. The Morgan fingerprint density at radius 2 is 1.48 bits per heavy atom. The molecule has 3 rings (SSSR count). The van der Waals surface area contributed by atoms with Crippen LogP contribution in [0.5, 0.6) is 0 Å². The van der Waals surface area contributed by atoms with E-state index in [1.54, 1.807) is 48.5 Å². The van der Waals surface area contributed by atoms with Gasteiger partial charge < -0.3 is 10.5 Å². The number of methoxy groups -OCH3 is 1. The van der Waals surface area contributed by atoms with Gasteiger partial charge in [0.05, 0.1) is 23.3 Å². The lowest BCUT2D eigenvalue weighted by Gasteiger charge is -2.08. The molecule has 1 amide bonds. The van der Waals surface area contributed by atoms with Gasteiger partial charge in [-0.25, -0.2) is 13.2 Å². The summed E-state index contributed by atoms with van der Waals surface area (Å²) in [5.41, 5.74) is 7.30. The van der Waals surface area contributed by atoms with E-state index in [1.807, 2.05) is 0 Å². The number of amides is 1. The summed E-state index contributed by atoms with van der Waals surface area (Å²) in [6.45, 7) is 0. The fourth-order valence-electron chi connectivity index (χ4n) is 2.66. The first-order chi connectivity index (χ1) is 14.8. The number of hydrogen-bond donors (Lipinski definition) is 2. The van der Waals surface area contributed by atoms with Gasteiger partial charge in [-0.3, -0.25) is 9.52 Å². The highest BCUT2D eigenvalue weighted by molar-refractivity contribution is 7.92. The van der Waals surface area contributed by atoms with E-state index in [2.05, 4.69) is 16.6 Å². The van der Waals surface area contributed by atoms with Crippen LogP contribution in [0.2, 0.25) is 0 Å². The number of ether oxygens (including phenoxy) is 1. The molecule has 3 aromatic rings.